The van der Waals surface area contributed by atoms with Gasteiger partial charge in [-0.1, -0.05) is 0 Å². The van der Waals surface area contributed by atoms with E-state index in [-0.39, 0.29) is 6.42 Å². The van der Waals surface area contributed by atoms with Gasteiger partial charge < -0.3 is 39.7 Å². The summed E-state index contributed by atoms with van der Waals surface area (Å²) < 4.78 is 14.7. The summed E-state index contributed by atoms with van der Waals surface area (Å²) in [4.78, 5) is 10.9. The van der Waals surface area contributed by atoms with E-state index in [2.05, 4.69) is 4.74 Å². The zero-order valence-corrected chi connectivity index (χ0v) is 9.82. The predicted octanol–water partition coefficient (Wildman–Crippen LogP) is -3.56. The molecule has 0 amide bonds. The Hall–Kier alpha value is -0.810. The molecule has 2 rings (SSSR count). The van der Waals surface area contributed by atoms with Gasteiger partial charge >= 0.3 is 5.97 Å². The number of rotatable bonds is 3. The number of aliphatic hydroxyl groups is 5. The number of carbonyl (C=O) groups excluding carboxylic acids is 1. The lowest BCUT2D eigenvalue weighted by molar-refractivity contribution is -0.320. The summed E-state index contributed by atoms with van der Waals surface area (Å²) >= 11 is 0. The molecule has 110 valence electrons. The van der Waals surface area contributed by atoms with E-state index in [1.807, 2.05) is 0 Å². The molecule has 5 N–H and O–H groups in total. The van der Waals surface area contributed by atoms with E-state index in [1.54, 1.807) is 0 Å². The van der Waals surface area contributed by atoms with E-state index in [9.17, 15) is 25.2 Å². The quantitative estimate of drug-likeness (QED) is 0.331. The maximum atomic E-state index is 10.9. The molecule has 0 saturated carbocycles. The fraction of sp³-hybridized carbons (Fsp3) is 0.900. The van der Waals surface area contributed by atoms with Crippen molar-refractivity contribution in [2.45, 2.75) is 49.5 Å². The molecule has 0 aromatic rings. The van der Waals surface area contributed by atoms with Gasteiger partial charge in [-0.15, -0.1) is 0 Å². The lowest BCUT2D eigenvalue weighted by Crippen LogP contribution is -2.60. The highest BCUT2D eigenvalue weighted by Crippen LogP contribution is 2.26. The molecule has 9 heteroatoms. The van der Waals surface area contributed by atoms with Crippen molar-refractivity contribution >= 4 is 5.97 Å². The lowest BCUT2D eigenvalue weighted by Gasteiger charge is -2.40. The topological polar surface area (TPSA) is 146 Å². The second-order valence-electron chi connectivity index (χ2n) is 4.46. The summed E-state index contributed by atoms with van der Waals surface area (Å²) in [7, 11) is 0. The molecular formula is C10H16O9. The lowest BCUT2D eigenvalue weighted by atomic mass is 9.99. The first-order valence-corrected chi connectivity index (χ1v) is 5.77. The molecule has 0 aromatic heterocycles. The van der Waals surface area contributed by atoms with Crippen molar-refractivity contribution in [2.24, 2.45) is 0 Å². The maximum Gasteiger partial charge on any atom is 0.311 e. The monoisotopic (exact) mass is 280 g/mol. The second kappa shape index (κ2) is 5.67. The molecule has 9 nitrogen and oxygen atoms in total. The van der Waals surface area contributed by atoms with E-state index >= 15 is 0 Å². The third kappa shape index (κ3) is 2.87. The first kappa shape index (κ1) is 14.6. The fourth-order valence-electron chi connectivity index (χ4n) is 1.99. The van der Waals surface area contributed by atoms with Gasteiger partial charge in [0.1, 0.15) is 30.5 Å². The van der Waals surface area contributed by atoms with Gasteiger partial charge in [0.25, 0.3) is 0 Å². The van der Waals surface area contributed by atoms with Crippen LogP contribution in [0.3, 0.4) is 0 Å². The Kier molecular flexibility index (Phi) is 4.36. The Morgan fingerprint density at radius 2 is 1.84 bits per heavy atom. The summed E-state index contributed by atoms with van der Waals surface area (Å²) in [5.41, 5.74) is 0. The minimum Gasteiger partial charge on any atom is -0.433 e. The molecule has 0 bridgehead atoms. The summed E-state index contributed by atoms with van der Waals surface area (Å²) in [6, 6.07) is 0. The van der Waals surface area contributed by atoms with Crippen LogP contribution in [0.15, 0.2) is 0 Å². The second-order valence-corrected chi connectivity index (χ2v) is 4.46. The van der Waals surface area contributed by atoms with Crippen LogP contribution in [0.1, 0.15) is 6.42 Å². The van der Waals surface area contributed by atoms with E-state index in [1.165, 1.54) is 0 Å². The normalized spacial score (nSPS) is 47.2. The van der Waals surface area contributed by atoms with Crippen molar-refractivity contribution in [3.63, 3.8) is 0 Å². The third-order valence-corrected chi connectivity index (χ3v) is 3.10. The largest absolute Gasteiger partial charge is 0.433 e. The predicted molar refractivity (Wildman–Crippen MR) is 55.4 cm³/mol. The van der Waals surface area contributed by atoms with Crippen LogP contribution in [-0.4, -0.2) is 81.2 Å². The van der Waals surface area contributed by atoms with Crippen LogP contribution in [0.25, 0.3) is 0 Å². The first-order valence-electron chi connectivity index (χ1n) is 5.77. The average molecular weight is 280 g/mol. The van der Waals surface area contributed by atoms with Gasteiger partial charge in [-0.2, -0.15) is 0 Å². The zero-order chi connectivity index (χ0) is 14.2. The third-order valence-electron chi connectivity index (χ3n) is 3.10. The van der Waals surface area contributed by atoms with Gasteiger partial charge in [0.05, 0.1) is 13.0 Å². The van der Waals surface area contributed by atoms with E-state index in [0.29, 0.717) is 0 Å². The molecule has 2 aliphatic rings. The number of aliphatic hydroxyl groups excluding tert-OH is 5. The van der Waals surface area contributed by atoms with Crippen LogP contribution in [0.4, 0.5) is 0 Å². The number of esters is 1. The minimum absolute atomic E-state index is 0.226. The van der Waals surface area contributed by atoms with Gasteiger partial charge in [0.15, 0.2) is 6.29 Å². The molecule has 1 unspecified atom stereocenters. The molecular weight excluding hydrogens is 264 g/mol. The van der Waals surface area contributed by atoms with Crippen molar-refractivity contribution < 1.29 is 44.5 Å². The van der Waals surface area contributed by atoms with Crippen molar-refractivity contribution in [1.82, 2.24) is 0 Å². The first-order chi connectivity index (χ1) is 8.93. The Balaban J connectivity index is 2.01. The minimum atomic E-state index is -1.58. The molecule has 0 spiro atoms. The average Bonchev–Trinajstić information content (AvgIpc) is 2.68. The molecule has 2 heterocycles. The van der Waals surface area contributed by atoms with Gasteiger partial charge in [0.2, 0.25) is 6.29 Å². The number of carbonyl (C=O) groups is 1. The van der Waals surface area contributed by atoms with Gasteiger partial charge in [-0.25, -0.2) is 0 Å². The highest BCUT2D eigenvalue weighted by Gasteiger charge is 2.46. The van der Waals surface area contributed by atoms with Crippen LogP contribution in [0.5, 0.6) is 0 Å². The summed E-state index contributed by atoms with van der Waals surface area (Å²) in [6.45, 7) is -0.590. The number of hydrogen-bond acceptors (Lipinski definition) is 9. The van der Waals surface area contributed by atoms with Crippen LogP contribution >= 0.6 is 0 Å². The maximum absolute atomic E-state index is 10.9. The molecule has 2 aliphatic heterocycles. The SMILES string of the molecule is O=C1C[C@@H](O[C@@H]2O[C@H](CO)[C@@H](O)[C@H](O)[C@H]2O)C(O)O1. The highest BCUT2D eigenvalue weighted by molar-refractivity contribution is 5.72. The zero-order valence-electron chi connectivity index (χ0n) is 9.82. The van der Waals surface area contributed by atoms with Crippen molar-refractivity contribution in [3.8, 4) is 0 Å². The van der Waals surface area contributed by atoms with Crippen LogP contribution in [0.2, 0.25) is 0 Å². The summed E-state index contributed by atoms with van der Waals surface area (Å²) in [5, 5.41) is 47.1. The Labute approximate surface area is 107 Å². The van der Waals surface area contributed by atoms with E-state index in [0.717, 1.165) is 0 Å². The molecule has 19 heavy (non-hydrogen) atoms. The Bertz CT molecular complexity index is 333. The number of cyclic esters (lactones) is 1. The standard InChI is InChI=1S/C10H16O9/c11-2-4-6(13)7(14)8(15)10(18-4)17-3-1-5(12)19-9(3)16/h3-4,6-11,13-16H,1-2H2/t3-,4-,6-,7+,8-,9?,10-/m1/s1. The molecule has 2 saturated heterocycles. The van der Waals surface area contributed by atoms with Crippen LogP contribution < -0.4 is 0 Å². The van der Waals surface area contributed by atoms with E-state index < -0.39 is 55.7 Å². The molecule has 0 radical (unpaired) electrons. The van der Waals surface area contributed by atoms with Crippen molar-refractivity contribution in [1.29, 1.82) is 0 Å². The highest BCUT2D eigenvalue weighted by atomic mass is 16.7. The smallest absolute Gasteiger partial charge is 0.311 e. The molecule has 2 fully saturated rings. The van der Waals surface area contributed by atoms with Gasteiger partial charge in [-0.3, -0.25) is 4.79 Å². The van der Waals surface area contributed by atoms with Crippen LogP contribution in [-0.2, 0) is 19.0 Å². The van der Waals surface area contributed by atoms with Crippen molar-refractivity contribution in [2.75, 3.05) is 6.61 Å². The van der Waals surface area contributed by atoms with Gasteiger partial charge in [-0.05, 0) is 0 Å². The summed E-state index contributed by atoms with van der Waals surface area (Å²) in [5.74, 6) is -0.665. The Morgan fingerprint density at radius 1 is 1.16 bits per heavy atom. The number of hydrogen-bond donors (Lipinski definition) is 5. The molecule has 0 aliphatic carbocycles. The Morgan fingerprint density at radius 3 is 2.37 bits per heavy atom. The van der Waals surface area contributed by atoms with E-state index in [4.69, 9.17) is 14.6 Å². The van der Waals surface area contributed by atoms with Gasteiger partial charge in [0, 0.05) is 0 Å². The summed E-state index contributed by atoms with van der Waals surface area (Å²) in [6.07, 6.45) is -9.93. The number of ether oxygens (including phenoxy) is 3. The van der Waals surface area contributed by atoms with Crippen molar-refractivity contribution in [3.05, 3.63) is 0 Å². The molecule has 0 aromatic carbocycles. The fourth-order valence-corrected chi connectivity index (χ4v) is 1.99. The van der Waals surface area contributed by atoms with Crippen LogP contribution in [0, 0.1) is 0 Å². The molecule has 7 atom stereocenters.